The molecule has 0 spiro atoms. The molecule has 0 heterocycles. The third kappa shape index (κ3) is 5.61. The summed E-state index contributed by atoms with van der Waals surface area (Å²) in [6, 6.07) is 4.82. The average Bonchev–Trinajstić information content (AvgIpc) is 2.33. The third-order valence-electron chi connectivity index (χ3n) is 2.83. The minimum absolute atomic E-state index is 0.258. The maximum atomic E-state index is 12.5. The van der Waals surface area contributed by atoms with Crippen LogP contribution in [0, 0.1) is 5.92 Å². The third-order valence-corrected chi connectivity index (χ3v) is 2.83. The quantitative estimate of drug-likeness (QED) is 0.780. The van der Waals surface area contributed by atoms with E-state index in [0.29, 0.717) is 5.92 Å². The molecule has 1 rings (SSSR count). The van der Waals surface area contributed by atoms with Gasteiger partial charge in [-0.3, -0.25) is 0 Å². The molecule has 1 aromatic rings. The van der Waals surface area contributed by atoms with Crippen LogP contribution >= 0.6 is 0 Å². The maximum Gasteiger partial charge on any atom is 0.416 e. The van der Waals surface area contributed by atoms with Crippen molar-refractivity contribution in [3.05, 3.63) is 35.4 Å². The van der Waals surface area contributed by atoms with Crippen molar-refractivity contribution in [2.24, 2.45) is 5.92 Å². The summed E-state index contributed by atoms with van der Waals surface area (Å²) in [6.45, 7) is 5.18. The van der Waals surface area contributed by atoms with Crippen LogP contribution in [0.4, 0.5) is 13.2 Å². The number of benzene rings is 1. The van der Waals surface area contributed by atoms with Crippen LogP contribution in [0.1, 0.15) is 37.5 Å². The highest BCUT2D eigenvalue weighted by Gasteiger charge is 2.30. The van der Waals surface area contributed by atoms with E-state index in [2.05, 4.69) is 19.2 Å². The average molecular weight is 275 g/mol. The Hall–Kier alpha value is -1.07. The lowest BCUT2D eigenvalue weighted by Crippen LogP contribution is -2.23. The van der Waals surface area contributed by atoms with Crippen molar-refractivity contribution in [3.8, 4) is 0 Å². The number of aliphatic hydroxyl groups excluding tert-OH is 1. The van der Waals surface area contributed by atoms with E-state index in [-0.39, 0.29) is 12.1 Å². The van der Waals surface area contributed by atoms with Crippen LogP contribution in [-0.2, 0) is 6.18 Å². The Bertz CT molecular complexity index is 391. The molecule has 0 saturated heterocycles. The fourth-order valence-corrected chi connectivity index (χ4v) is 1.67. The fraction of sp³-hybridized carbons (Fsp3) is 0.571. The zero-order chi connectivity index (χ0) is 14.5. The Kier molecular flexibility index (Phi) is 5.82. The number of hydrogen-bond donors (Lipinski definition) is 2. The van der Waals surface area contributed by atoms with Crippen molar-refractivity contribution < 1.29 is 18.3 Å². The molecule has 0 fully saturated rings. The summed E-state index contributed by atoms with van der Waals surface area (Å²) in [4.78, 5) is 0. The van der Waals surface area contributed by atoms with Crippen LogP contribution in [0.3, 0.4) is 0 Å². The van der Waals surface area contributed by atoms with Crippen molar-refractivity contribution in [3.63, 3.8) is 0 Å². The predicted octanol–water partition coefficient (Wildman–Crippen LogP) is 3.37. The zero-order valence-corrected chi connectivity index (χ0v) is 11.2. The second kappa shape index (κ2) is 6.91. The molecule has 108 valence electrons. The smallest absolute Gasteiger partial charge is 0.387 e. The zero-order valence-electron chi connectivity index (χ0n) is 11.2. The van der Waals surface area contributed by atoms with Gasteiger partial charge in [0.15, 0.2) is 0 Å². The molecule has 0 saturated carbocycles. The first-order valence-electron chi connectivity index (χ1n) is 6.36. The summed E-state index contributed by atoms with van der Waals surface area (Å²) in [5, 5.41) is 12.9. The van der Waals surface area contributed by atoms with Crippen LogP contribution in [0.5, 0.6) is 0 Å². The van der Waals surface area contributed by atoms with E-state index in [4.69, 9.17) is 0 Å². The first kappa shape index (κ1) is 16.0. The Labute approximate surface area is 111 Å². The molecule has 19 heavy (non-hydrogen) atoms. The van der Waals surface area contributed by atoms with Crippen molar-refractivity contribution >= 4 is 0 Å². The highest BCUT2D eigenvalue weighted by molar-refractivity contribution is 5.27. The molecule has 0 aliphatic carbocycles. The van der Waals surface area contributed by atoms with Crippen LogP contribution in [-0.4, -0.2) is 18.2 Å². The number of rotatable bonds is 6. The molecular weight excluding hydrogens is 255 g/mol. The molecular formula is C14H20F3NO. The lowest BCUT2D eigenvalue weighted by Gasteiger charge is -2.15. The second-order valence-corrected chi connectivity index (χ2v) is 5.03. The SMILES string of the molecule is CC(C)CCNCC(O)c1cccc(C(F)(F)F)c1. The van der Waals surface area contributed by atoms with Crippen molar-refractivity contribution in [1.29, 1.82) is 0 Å². The van der Waals surface area contributed by atoms with Gasteiger partial charge in [0.25, 0.3) is 0 Å². The van der Waals surface area contributed by atoms with Gasteiger partial charge in [-0.1, -0.05) is 26.0 Å². The van der Waals surface area contributed by atoms with Gasteiger partial charge in [0.1, 0.15) is 0 Å². The van der Waals surface area contributed by atoms with Gasteiger partial charge in [0.2, 0.25) is 0 Å². The monoisotopic (exact) mass is 275 g/mol. The number of nitrogens with one attached hydrogen (secondary N) is 1. The lowest BCUT2D eigenvalue weighted by molar-refractivity contribution is -0.137. The van der Waals surface area contributed by atoms with Gasteiger partial charge in [-0.05, 0) is 36.6 Å². The molecule has 0 aliphatic rings. The predicted molar refractivity (Wildman–Crippen MR) is 68.7 cm³/mol. The van der Waals surface area contributed by atoms with E-state index < -0.39 is 17.8 Å². The van der Waals surface area contributed by atoms with E-state index in [1.165, 1.54) is 12.1 Å². The van der Waals surface area contributed by atoms with E-state index in [1.54, 1.807) is 0 Å². The molecule has 0 aromatic heterocycles. The summed E-state index contributed by atoms with van der Waals surface area (Å²) in [7, 11) is 0. The largest absolute Gasteiger partial charge is 0.416 e. The number of alkyl halides is 3. The van der Waals surface area contributed by atoms with E-state index >= 15 is 0 Å². The molecule has 0 radical (unpaired) electrons. The van der Waals surface area contributed by atoms with Crippen LogP contribution in [0.2, 0.25) is 0 Å². The summed E-state index contributed by atoms with van der Waals surface area (Å²) in [5.74, 6) is 0.554. The molecule has 1 unspecified atom stereocenters. The number of halogens is 3. The van der Waals surface area contributed by atoms with Gasteiger partial charge in [0, 0.05) is 6.54 Å². The number of hydrogen-bond acceptors (Lipinski definition) is 2. The van der Waals surface area contributed by atoms with Crippen LogP contribution in [0.15, 0.2) is 24.3 Å². The van der Waals surface area contributed by atoms with Gasteiger partial charge < -0.3 is 10.4 Å². The second-order valence-electron chi connectivity index (χ2n) is 5.03. The molecule has 0 aliphatic heterocycles. The van der Waals surface area contributed by atoms with Gasteiger partial charge in [0.05, 0.1) is 11.7 Å². The Morgan fingerprint density at radius 1 is 1.26 bits per heavy atom. The van der Waals surface area contributed by atoms with E-state index in [9.17, 15) is 18.3 Å². The number of aliphatic hydroxyl groups is 1. The molecule has 0 bridgehead atoms. The van der Waals surface area contributed by atoms with Gasteiger partial charge >= 0.3 is 6.18 Å². The molecule has 2 N–H and O–H groups in total. The molecule has 0 amide bonds. The first-order chi connectivity index (χ1) is 8.80. The highest BCUT2D eigenvalue weighted by atomic mass is 19.4. The maximum absolute atomic E-state index is 12.5. The van der Waals surface area contributed by atoms with Crippen molar-refractivity contribution in [2.75, 3.05) is 13.1 Å². The minimum atomic E-state index is -4.37. The molecule has 1 aromatic carbocycles. The standard InChI is InChI=1S/C14H20F3NO/c1-10(2)6-7-18-9-13(19)11-4-3-5-12(8-11)14(15,16)17/h3-5,8,10,13,18-19H,6-7,9H2,1-2H3. The summed E-state index contributed by atoms with van der Waals surface area (Å²) >= 11 is 0. The highest BCUT2D eigenvalue weighted by Crippen LogP contribution is 2.30. The fourth-order valence-electron chi connectivity index (χ4n) is 1.67. The van der Waals surface area contributed by atoms with E-state index in [1.807, 2.05) is 0 Å². The normalized spacial score (nSPS) is 13.8. The minimum Gasteiger partial charge on any atom is -0.387 e. The Morgan fingerprint density at radius 3 is 2.53 bits per heavy atom. The first-order valence-corrected chi connectivity index (χ1v) is 6.36. The molecule has 1 atom stereocenters. The van der Waals surface area contributed by atoms with Crippen LogP contribution in [0.25, 0.3) is 0 Å². The Morgan fingerprint density at radius 2 is 1.95 bits per heavy atom. The summed E-state index contributed by atoms with van der Waals surface area (Å²) < 4.78 is 37.6. The summed E-state index contributed by atoms with van der Waals surface area (Å²) in [6.07, 6.45) is -4.33. The van der Waals surface area contributed by atoms with Crippen molar-refractivity contribution in [2.45, 2.75) is 32.5 Å². The lowest BCUT2D eigenvalue weighted by atomic mass is 10.1. The topological polar surface area (TPSA) is 32.3 Å². The van der Waals surface area contributed by atoms with Gasteiger partial charge in [-0.15, -0.1) is 0 Å². The van der Waals surface area contributed by atoms with Gasteiger partial charge in [-0.25, -0.2) is 0 Å². The molecule has 2 nitrogen and oxygen atoms in total. The summed E-state index contributed by atoms with van der Waals surface area (Å²) in [5.41, 5.74) is -0.446. The Balaban J connectivity index is 2.55. The van der Waals surface area contributed by atoms with Crippen molar-refractivity contribution in [1.82, 2.24) is 5.32 Å². The van der Waals surface area contributed by atoms with Crippen LogP contribution < -0.4 is 5.32 Å². The molecule has 5 heteroatoms. The van der Waals surface area contributed by atoms with Gasteiger partial charge in [-0.2, -0.15) is 13.2 Å². The van der Waals surface area contributed by atoms with E-state index in [0.717, 1.165) is 25.1 Å².